The number of carbonyl (C=O) groups excluding carboxylic acids is 6. The molecule has 0 aromatic heterocycles. The summed E-state index contributed by atoms with van der Waals surface area (Å²) in [6.07, 6.45) is -7.13. The van der Waals surface area contributed by atoms with E-state index in [9.17, 15) is 49.2 Å². The normalized spacial score (nSPS) is 12.1. The van der Waals surface area contributed by atoms with Gasteiger partial charge in [0.1, 0.15) is 0 Å². The summed E-state index contributed by atoms with van der Waals surface area (Å²) in [5.41, 5.74) is 1.25. The highest BCUT2D eigenvalue weighted by Gasteiger charge is 2.29. The van der Waals surface area contributed by atoms with Gasteiger partial charge in [-0.15, -0.1) is 0 Å². The van der Waals surface area contributed by atoms with Crippen molar-refractivity contribution >= 4 is 47.2 Å². The van der Waals surface area contributed by atoms with Gasteiger partial charge < -0.3 is 71.6 Å². The fourth-order valence-electron chi connectivity index (χ4n) is 6.29. The van der Waals surface area contributed by atoms with Crippen molar-refractivity contribution in [1.82, 2.24) is 21.3 Å². The first-order valence-electron chi connectivity index (χ1n) is 22.2. The highest BCUT2D eigenvalue weighted by atomic mass is 16.6. The van der Waals surface area contributed by atoms with Crippen molar-refractivity contribution in [3.8, 4) is 0 Å². The van der Waals surface area contributed by atoms with Gasteiger partial charge in [0, 0.05) is 54.9 Å². The van der Waals surface area contributed by atoms with Crippen molar-refractivity contribution < 1.29 is 79.1 Å². The third kappa shape index (κ3) is 19.7. The Morgan fingerprint density at radius 3 is 0.806 bits per heavy atom. The summed E-state index contributed by atoms with van der Waals surface area (Å²) in [4.78, 5) is 79.0. The Bertz CT molecular complexity index is 1670. The molecule has 67 heavy (non-hydrogen) atoms. The minimum atomic E-state index is -1.27. The summed E-state index contributed by atoms with van der Waals surface area (Å²) in [5, 5.41) is 90.5. The first-order valence-corrected chi connectivity index (χ1v) is 22.2. The molecule has 0 radical (unpaired) electrons. The molecule has 2 aromatic rings. The predicted octanol–water partition coefficient (Wildman–Crippen LogP) is 1.14. The van der Waals surface area contributed by atoms with Crippen molar-refractivity contribution in [3.05, 3.63) is 55.6 Å². The number of aliphatic hydroxyl groups excluding tert-OH is 8. The topological polar surface area (TPSA) is 355 Å². The Morgan fingerprint density at radius 2 is 0.612 bits per heavy atom. The predicted molar refractivity (Wildman–Crippen MR) is 252 cm³/mol. The summed E-state index contributed by atoms with van der Waals surface area (Å²) in [6.45, 7) is 16.6. The van der Waals surface area contributed by atoms with Crippen LogP contribution in [0.1, 0.15) is 123 Å². The molecule has 2 rings (SSSR count). The van der Waals surface area contributed by atoms with Crippen LogP contribution in [0.5, 0.6) is 0 Å². The van der Waals surface area contributed by atoms with Crippen molar-refractivity contribution in [2.75, 3.05) is 76.5 Å². The fraction of sp³-hybridized carbons (Fsp3) is 0.600. The highest BCUT2D eigenvalue weighted by Crippen LogP contribution is 2.33. The van der Waals surface area contributed by atoms with E-state index in [1.807, 2.05) is 41.5 Å². The van der Waals surface area contributed by atoms with E-state index in [1.54, 1.807) is 0 Å². The second kappa shape index (κ2) is 33.9. The zero-order valence-corrected chi connectivity index (χ0v) is 40.9. The maximum absolute atomic E-state index is 13.3. The van der Waals surface area contributed by atoms with Crippen molar-refractivity contribution in [2.24, 2.45) is 0 Å². The Morgan fingerprint density at radius 1 is 0.403 bits per heavy atom. The largest absolute Gasteiger partial charge is 0.449 e. The van der Waals surface area contributed by atoms with E-state index in [4.69, 9.17) is 29.9 Å². The Kier molecular flexibility index (Phi) is 32.2. The van der Waals surface area contributed by atoms with Crippen molar-refractivity contribution in [1.29, 1.82) is 0 Å². The molecule has 14 N–H and O–H groups in total. The smallest absolute Gasteiger partial charge is 0.411 e. The molecule has 0 aliphatic heterocycles. The van der Waals surface area contributed by atoms with E-state index in [0.29, 0.717) is 0 Å². The lowest BCUT2D eigenvalue weighted by atomic mass is 9.90. The lowest BCUT2D eigenvalue weighted by molar-refractivity contribution is 0.0792. The maximum Gasteiger partial charge on any atom is 0.411 e. The van der Waals surface area contributed by atoms with Gasteiger partial charge in [0.25, 0.3) is 23.6 Å². The van der Waals surface area contributed by atoms with E-state index < -0.39 is 86.7 Å². The van der Waals surface area contributed by atoms with E-state index in [2.05, 4.69) is 31.9 Å². The van der Waals surface area contributed by atoms with Crippen molar-refractivity contribution in [2.45, 2.75) is 114 Å². The number of anilines is 2. The van der Waals surface area contributed by atoms with Crippen LogP contribution in [0.3, 0.4) is 0 Å². The minimum absolute atomic E-state index is 0.0259. The summed E-state index contributed by atoms with van der Waals surface area (Å²) < 4.78 is 10.5. The standard InChI is InChI=1S/C39H58N6O16.3C2H6/c1-18-28(34(54)40-10-24(50)14-46)20(3)32(21(4)29(18)35(55)41-11-25(51)15-47)44-38(58)60-8-7-9-61-39(59)45-33-22(5)30(36(56)42-12-26(52)16-48)19(2)31(23(33)6)37(57)43-13-27(53)17-49;3*1-2/h24-27,46-53H,7-17H2,1-6H3,(H,40,54)(H,41,55)(H,42,56)(H,43,57)(H,44,58)(H,45,59);3*1-2H3. The van der Waals surface area contributed by atoms with Crippen LogP contribution in [-0.4, -0.2) is 167 Å². The molecule has 0 heterocycles. The van der Waals surface area contributed by atoms with E-state index >= 15 is 0 Å². The summed E-state index contributed by atoms with van der Waals surface area (Å²) >= 11 is 0. The molecule has 4 unspecified atom stereocenters. The number of nitrogens with one attached hydrogen (secondary N) is 6. The van der Waals surface area contributed by atoms with Gasteiger partial charge in [-0.1, -0.05) is 41.5 Å². The van der Waals surface area contributed by atoms with E-state index in [-0.39, 0.29) is 113 Å². The fourth-order valence-corrected chi connectivity index (χ4v) is 6.29. The Balaban J connectivity index is 0. The third-order valence-electron chi connectivity index (χ3n) is 9.45. The molecule has 0 saturated heterocycles. The second-order valence-corrected chi connectivity index (χ2v) is 14.1. The molecule has 382 valence electrons. The molecule has 0 fully saturated rings. The molecule has 2 aromatic carbocycles. The highest BCUT2D eigenvalue weighted by molar-refractivity contribution is 6.08. The average Bonchev–Trinajstić information content (AvgIpc) is 3.32. The number of carbonyl (C=O) groups is 6. The first-order chi connectivity index (χ1) is 31.7. The molecule has 6 amide bonds. The molecule has 0 bridgehead atoms. The van der Waals surface area contributed by atoms with Gasteiger partial charge in [0.15, 0.2) is 0 Å². The SMILES string of the molecule is CC.CC.CC.Cc1c(NC(=O)OCCCOC(=O)Nc2c(C)c(C(=O)NCC(O)CO)c(C)c(C(=O)NCC(O)CO)c2C)c(C)c(C(=O)NCC(O)CO)c(C)c1C(=O)NCC(O)CO. The van der Waals surface area contributed by atoms with Crippen LogP contribution in [0.4, 0.5) is 21.0 Å². The Labute approximate surface area is 392 Å². The second-order valence-electron chi connectivity index (χ2n) is 14.1. The molecule has 0 saturated carbocycles. The van der Waals surface area contributed by atoms with Crippen LogP contribution in [0, 0.1) is 41.5 Å². The van der Waals surface area contributed by atoms with Crippen LogP contribution in [0.25, 0.3) is 0 Å². The van der Waals surface area contributed by atoms with Crippen LogP contribution in [0.15, 0.2) is 0 Å². The minimum Gasteiger partial charge on any atom is -0.449 e. The molecule has 22 heteroatoms. The molecule has 22 nitrogen and oxygen atoms in total. The number of hydrogen-bond donors (Lipinski definition) is 14. The first kappa shape index (κ1) is 63.6. The van der Waals surface area contributed by atoms with Gasteiger partial charge in [-0.05, 0) is 74.9 Å². The molecular weight excluding hydrogens is 881 g/mol. The van der Waals surface area contributed by atoms with Gasteiger partial charge in [-0.2, -0.15) is 0 Å². The third-order valence-corrected chi connectivity index (χ3v) is 9.45. The summed E-state index contributed by atoms with van der Waals surface area (Å²) in [6, 6.07) is 0. The van der Waals surface area contributed by atoms with E-state index in [0.717, 1.165) is 0 Å². The molecule has 0 spiro atoms. The van der Waals surface area contributed by atoms with Gasteiger partial charge >= 0.3 is 12.2 Å². The molecular formula is C45H76N6O16. The quantitative estimate of drug-likeness (QED) is 0.0736. The molecule has 0 aliphatic carbocycles. The van der Waals surface area contributed by atoms with E-state index in [1.165, 1.54) is 41.5 Å². The average molecular weight is 957 g/mol. The van der Waals surface area contributed by atoms with Crippen LogP contribution >= 0.6 is 0 Å². The van der Waals surface area contributed by atoms with Gasteiger partial charge in [0.2, 0.25) is 0 Å². The number of hydrogen-bond acceptors (Lipinski definition) is 16. The van der Waals surface area contributed by atoms with Crippen LogP contribution in [-0.2, 0) is 9.47 Å². The maximum atomic E-state index is 13.3. The number of benzene rings is 2. The number of amides is 6. The summed E-state index contributed by atoms with van der Waals surface area (Å²) in [7, 11) is 0. The van der Waals surface area contributed by atoms with Gasteiger partial charge in [0.05, 0.1) is 75.4 Å². The zero-order chi connectivity index (χ0) is 52.1. The molecule has 4 atom stereocenters. The summed E-state index contributed by atoms with van der Waals surface area (Å²) in [5.74, 6) is -2.93. The lowest BCUT2D eigenvalue weighted by Crippen LogP contribution is -2.37. The van der Waals surface area contributed by atoms with Crippen molar-refractivity contribution in [3.63, 3.8) is 0 Å². The zero-order valence-electron chi connectivity index (χ0n) is 40.9. The number of aliphatic hydroxyl groups is 8. The Hall–Kier alpha value is -5.46. The number of ether oxygens (including phenoxy) is 2. The monoisotopic (exact) mass is 957 g/mol. The molecule has 0 aliphatic rings. The number of rotatable bonds is 22. The lowest BCUT2D eigenvalue weighted by Gasteiger charge is -2.22. The van der Waals surface area contributed by atoms with Crippen LogP contribution < -0.4 is 31.9 Å². The van der Waals surface area contributed by atoms with Gasteiger partial charge in [-0.25, -0.2) is 9.59 Å². The van der Waals surface area contributed by atoms with Crippen LogP contribution in [0.2, 0.25) is 0 Å². The van der Waals surface area contributed by atoms with Gasteiger partial charge in [-0.3, -0.25) is 29.8 Å².